The van der Waals surface area contributed by atoms with Crippen LogP contribution in [0, 0.1) is 0 Å². The van der Waals surface area contributed by atoms with Gasteiger partial charge in [0.25, 0.3) is 5.35 Å². The normalized spacial score (nSPS) is 11.9. The molecule has 2 heterocycles. The number of hydrogen-bond donors (Lipinski definition) is 2. The number of aromatic nitrogens is 2. The summed E-state index contributed by atoms with van der Waals surface area (Å²) in [5, 5.41) is 18.5. The largest absolute Gasteiger partial charge is 0.488 e. The van der Waals surface area contributed by atoms with Crippen molar-refractivity contribution in [2.45, 2.75) is 12.8 Å². The molecule has 8 heteroatoms. The van der Waals surface area contributed by atoms with E-state index >= 15 is 0 Å². The Hall–Kier alpha value is -5.47. The summed E-state index contributed by atoms with van der Waals surface area (Å²) in [6.07, 6.45) is 1.87. The van der Waals surface area contributed by atoms with Crippen molar-refractivity contribution in [3.63, 3.8) is 0 Å². The van der Waals surface area contributed by atoms with Gasteiger partial charge in [0.05, 0.1) is 0 Å². The molecule has 0 radical (unpaired) electrons. The molecule has 2 aromatic heterocycles. The van der Waals surface area contributed by atoms with Crippen LogP contribution in [0.5, 0.6) is 0 Å². The van der Waals surface area contributed by atoms with Crippen LogP contribution in [-0.2, 0) is 12.8 Å². The van der Waals surface area contributed by atoms with Crippen LogP contribution >= 0.6 is 11.6 Å². The molecule has 48 heavy (non-hydrogen) atoms. The Morgan fingerprint density at radius 2 is 1.04 bits per heavy atom. The van der Waals surface area contributed by atoms with Crippen molar-refractivity contribution in [3.05, 3.63) is 161 Å². The van der Waals surface area contributed by atoms with Crippen molar-refractivity contribution < 1.29 is 18.9 Å². The number of oxazole rings is 2. The van der Waals surface area contributed by atoms with Crippen molar-refractivity contribution in [2.24, 2.45) is 0 Å². The van der Waals surface area contributed by atoms with Crippen LogP contribution in [-0.4, -0.2) is 27.1 Å². The summed E-state index contributed by atoms with van der Waals surface area (Å²) in [6.45, 7) is 0. The highest BCUT2D eigenvalue weighted by Crippen LogP contribution is 2.39. The van der Waals surface area contributed by atoms with Crippen molar-refractivity contribution in [2.75, 3.05) is 0 Å². The van der Waals surface area contributed by atoms with Gasteiger partial charge in [-0.3, -0.25) is 0 Å². The smallest absolute Gasteiger partial charge is 0.436 e. The Labute approximate surface area is 282 Å². The second-order valence-corrected chi connectivity index (χ2v) is 12.1. The third-order valence-electron chi connectivity index (χ3n) is 8.72. The van der Waals surface area contributed by atoms with Gasteiger partial charge >= 0.3 is 7.12 Å². The minimum atomic E-state index is -1.38. The summed E-state index contributed by atoms with van der Waals surface area (Å²) in [5.41, 5.74) is 15.2. The highest BCUT2D eigenvalue weighted by atomic mass is 35.5. The average Bonchev–Trinajstić information content (AvgIpc) is 3.89. The molecule has 0 aliphatic heterocycles. The zero-order valence-corrected chi connectivity index (χ0v) is 26.4. The zero-order chi connectivity index (χ0) is 32.6. The van der Waals surface area contributed by atoms with E-state index in [2.05, 4.69) is 64.6 Å². The van der Waals surface area contributed by atoms with E-state index in [1.807, 2.05) is 72.8 Å². The first-order chi connectivity index (χ1) is 23.5. The summed E-state index contributed by atoms with van der Waals surface area (Å²) in [5.74, 6) is 0.694. The van der Waals surface area contributed by atoms with E-state index in [0.29, 0.717) is 11.4 Å². The summed E-state index contributed by atoms with van der Waals surface area (Å²) in [7, 11) is -1.38. The summed E-state index contributed by atoms with van der Waals surface area (Å²) in [4.78, 5) is 8.50. The SMILES string of the molecule is Clc1nc2ccccc2o1.OB(O)c1ccc2c(c1)Cc1ccccc1-2.c1ccc2c(c1)Cc1cc(-c3nc4ccccc4o3)ccc1-2. The summed E-state index contributed by atoms with van der Waals surface area (Å²) >= 11 is 5.51. The number of fused-ring (bicyclic) bond motifs is 8. The fraction of sp³-hybridized carbons (Fsp3) is 0.0500. The molecule has 2 N–H and O–H groups in total. The van der Waals surface area contributed by atoms with Crippen LogP contribution in [0.3, 0.4) is 0 Å². The number of rotatable bonds is 2. The maximum atomic E-state index is 9.13. The quantitative estimate of drug-likeness (QED) is 0.183. The lowest BCUT2D eigenvalue weighted by Gasteiger charge is -2.03. The molecular weight excluding hydrogens is 619 g/mol. The maximum Gasteiger partial charge on any atom is 0.488 e. The topological polar surface area (TPSA) is 92.5 Å². The maximum absolute atomic E-state index is 9.13. The Bertz CT molecular complexity index is 2370. The number of nitrogens with zero attached hydrogens (tertiary/aromatic N) is 2. The highest BCUT2D eigenvalue weighted by Gasteiger charge is 2.21. The number of para-hydroxylation sites is 4. The minimum absolute atomic E-state index is 0.196. The van der Waals surface area contributed by atoms with Crippen LogP contribution in [0.25, 0.3) is 55.9 Å². The van der Waals surface area contributed by atoms with Crippen molar-refractivity contribution >= 4 is 46.4 Å². The van der Waals surface area contributed by atoms with E-state index < -0.39 is 7.12 Å². The van der Waals surface area contributed by atoms with Gasteiger partial charge in [-0.25, -0.2) is 4.98 Å². The predicted molar refractivity (Wildman–Crippen MR) is 191 cm³/mol. The molecule has 10 rings (SSSR count). The molecule has 0 atom stereocenters. The van der Waals surface area contributed by atoms with Gasteiger partial charge in [0.15, 0.2) is 11.2 Å². The van der Waals surface area contributed by atoms with Crippen LogP contribution in [0.2, 0.25) is 5.35 Å². The predicted octanol–water partition coefficient (Wildman–Crippen LogP) is 8.48. The molecule has 0 amide bonds. The van der Waals surface area contributed by atoms with Gasteiger partial charge in [-0.15, -0.1) is 0 Å². The Morgan fingerprint density at radius 3 is 1.67 bits per heavy atom. The van der Waals surface area contributed by atoms with Crippen molar-refractivity contribution in [3.8, 4) is 33.7 Å². The Balaban J connectivity index is 0.000000113. The van der Waals surface area contributed by atoms with E-state index in [1.165, 1.54) is 44.5 Å². The first-order valence-electron chi connectivity index (χ1n) is 15.7. The lowest BCUT2D eigenvalue weighted by atomic mass is 9.79. The van der Waals surface area contributed by atoms with Gasteiger partial charge in [-0.1, -0.05) is 97.1 Å². The van der Waals surface area contributed by atoms with Crippen molar-refractivity contribution in [1.82, 2.24) is 9.97 Å². The molecule has 8 aromatic rings. The van der Waals surface area contributed by atoms with Gasteiger partial charge in [-0.2, -0.15) is 4.98 Å². The number of benzene rings is 6. The average molecular weight is 647 g/mol. The molecule has 6 aromatic carbocycles. The zero-order valence-electron chi connectivity index (χ0n) is 25.7. The number of halogens is 1. The fourth-order valence-electron chi connectivity index (χ4n) is 6.44. The molecule has 232 valence electrons. The van der Waals surface area contributed by atoms with Crippen LogP contribution in [0.4, 0.5) is 0 Å². The van der Waals surface area contributed by atoms with Crippen LogP contribution < -0.4 is 5.46 Å². The number of hydrogen-bond acceptors (Lipinski definition) is 6. The first kappa shape index (κ1) is 29.9. The molecule has 0 fully saturated rings. The van der Waals surface area contributed by atoms with Crippen molar-refractivity contribution in [1.29, 1.82) is 0 Å². The molecular formula is C40H28BClN2O4. The van der Waals surface area contributed by atoms with E-state index in [4.69, 9.17) is 30.5 Å². The first-order valence-corrected chi connectivity index (χ1v) is 16.0. The fourth-order valence-corrected chi connectivity index (χ4v) is 6.62. The molecule has 2 aliphatic carbocycles. The molecule has 0 saturated carbocycles. The van der Waals surface area contributed by atoms with E-state index in [-0.39, 0.29) is 5.35 Å². The molecule has 2 aliphatic rings. The Morgan fingerprint density at radius 1 is 0.521 bits per heavy atom. The molecule has 0 spiro atoms. The Kier molecular flexibility index (Phi) is 7.86. The minimum Gasteiger partial charge on any atom is -0.436 e. The van der Waals surface area contributed by atoms with Gasteiger partial charge < -0.3 is 18.9 Å². The summed E-state index contributed by atoms with van der Waals surface area (Å²) in [6, 6.07) is 44.3. The standard InChI is InChI=1S/C20H13NO.C13H11BO2.C7H4ClNO/c1-2-6-16-13(5-1)11-15-12-14(9-10-17(15)16)20-21-18-7-3-4-8-19(18)22-20;15-14(16)11-5-6-13-10(8-11)7-9-3-1-2-4-12(9)13;8-7-9-5-3-1-2-4-6(5)10-7/h1-10,12H,11H2;1-6,8,15-16H,7H2;1-4H. The van der Waals surface area contributed by atoms with Gasteiger partial charge in [0.1, 0.15) is 11.0 Å². The lowest BCUT2D eigenvalue weighted by molar-refractivity contribution is 0.425. The van der Waals surface area contributed by atoms with Gasteiger partial charge in [0.2, 0.25) is 5.89 Å². The second-order valence-electron chi connectivity index (χ2n) is 11.8. The van der Waals surface area contributed by atoms with E-state index in [0.717, 1.165) is 40.6 Å². The molecule has 0 bridgehead atoms. The second kappa shape index (κ2) is 12.6. The van der Waals surface area contributed by atoms with Crippen LogP contribution in [0.1, 0.15) is 22.3 Å². The summed E-state index contributed by atoms with van der Waals surface area (Å²) < 4.78 is 10.9. The van der Waals surface area contributed by atoms with E-state index in [1.54, 1.807) is 6.07 Å². The molecule has 0 unspecified atom stereocenters. The molecule has 0 saturated heterocycles. The molecule has 6 nitrogen and oxygen atoms in total. The van der Waals surface area contributed by atoms with E-state index in [9.17, 15) is 0 Å². The third-order valence-corrected chi connectivity index (χ3v) is 8.88. The monoisotopic (exact) mass is 646 g/mol. The highest BCUT2D eigenvalue weighted by molar-refractivity contribution is 6.58. The van der Waals surface area contributed by atoms with Gasteiger partial charge in [0, 0.05) is 5.56 Å². The lowest BCUT2D eigenvalue weighted by Crippen LogP contribution is -2.29. The van der Waals surface area contributed by atoms with Gasteiger partial charge in [-0.05, 0) is 111 Å². The third kappa shape index (κ3) is 5.80. The van der Waals surface area contributed by atoms with Crippen LogP contribution in [0.15, 0.2) is 142 Å².